The van der Waals surface area contributed by atoms with Gasteiger partial charge in [-0.1, -0.05) is 0 Å². The number of phenols is 1. The van der Waals surface area contributed by atoms with Gasteiger partial charge in [0.05, 0.1) is 10.9 Å². The van der Waals surface area contributed by atoms with Crippen molar-refractivity contribution in [2.45, 2.75) is 33.7 Å². The Morgan fingerprint density at radius 3 is 2.63 bits per heavy atom. The van der Waals surface area contributed by atoms with Crippen LogP contribution in [0.25, 0.3) is 10.9 Å². The molecule has 1 aromatic carbocycles. The third-order valence-corrected chi connectivity index (χ3v) is 3.50. The lowest BCUT2D eigenvalue weighted by molar-refractivity contribution is -0.146. The average molecular weight is 261 g/mol. The maximum Gasteiger partial charge on any atom is 0.309 e. The van der Waals surface area contributed by atoms with E-state index in [1.54, 1.807) is 26.0 Å². The minimum Gasteiger partial charge on any atom is -0.508 e. The van der Waals surface area contributed by atoms with E-state index >= 15 is 0 Å². The molecule has 2 N–H and O–H groups in total. The molecule has 0 fully saturated rings. The first kappa shape index (κ1) is 13.5. The molecule has 0 amide bonds. The number of rotatable bonds is 4. The van der Waals surface area contributed by atoms with Gasteiger partial charge in [0.1, 0.15) is 5.75 Å². The van der Waals surface area contributed by atoms with Crippen LogP contribution in [-0.4, -0.2) is 20.7 Å². The molecule has 0 aliphatic rings. The van der Waals surface area contributed by atoms with E-state index < -0.39 is 11.4 Å². The Kier molecular flexibility index (Phi) is 3.27. The van der Waals surface area contributed by atoms with Gasteiger partial charge in [-0.2, -0.15) is 0 Å². The van der Waals surface area contributed by atoms with Gasteiger partial charge in [-0.25, -0.2) is 0 Å². The molecule has 2 rings (SSSR count). The minimum atomic E-state index is -0.802. The van der Waals surface area contributed by atoms with Gasteiger partial charge < -0.3 is 14.8 Å². The van der Waals surface area contributed by atoms with E-state index in [2.05, 4.69) is 0 Å². The Morgan fingerprint density at radius 1 is 1.37 bits per heavy atom. The standard InChI is InChI=1S/C15H19NO3/c1-4-16-9-10(8-15(2,3)14(18)19)12-6-5-11(17)7-13(12)16/h5-7,9,17H,4,8H2,1-3H3,(H,18,19). The Balaban J connectivity index is 2.53. The van der Waals surface area contributed by atoms with Crippen molar-refractivity contribution in [1.82, 2.24) is 4.57 Å². The predicted octanol–water partition coefficient (Wildman–Crippen LogP) is 3.02. The molecular weight excluding hydrogens is 242 g/mol. The van der Waals surface area contributed by atoms with Crippen LogP contribution in [-0.2, 0) is 17.8 Å². The van der Waals surface area contributed by atoms with Crippen LogP contribution in [0.1, 0.15) is 26.3 Å². The number of phenolic OH excluding ortho intramolecular Hbond substituents is 1. The van der Waals surface area contributed by atoms with Gasteiger partial charge in [0.25, 0.3) is 0 Å². The fourth-order valence-electron chi connectivity index (χ4n) is 2.31. The van der Waals surface area contributed by atoms with Crippen molar-refractivity contribution in [3.8, 4) is 5.75 Å². The van der Waals surface area contributed by atoms with Crippen LogP contribution in [0, 0.1) is 5.41 Å². The summed E-state index contributed by atoms with van der Waals surface area (Å²) in [6.07, 6.45) is 2.45. The molecule has 0 spiro atoms. The summed E-state index contributed by atoms with van der Waals surface area (Å²) in [5.74, 6) is -0.576. The van der Waals surface area contributed by atoms with E-state index in [4.69, 9.17) is 0 Å². The summed E-state index contributed by atoms with van der Waals surface area (Å²) in [4.78, 5) is 11.2. The summed E-state index contributed by atoms with van der Waals surface area (Å²) in [6.45, 7) is 6.26. The summed E-state index contributed by atoms with van der Waals surface area (Å²) >= 11 is 0. The molecule has 19 heavy (non-hydrogen) atoms. The Hall–Kier alpha value is -1.97. The van der Waals surface area contributed by atoms with Gasteiger partial charge in [0.2, 0.25) is 0 Å². The van der Waals surface area contributed by atoms with E-state index in [9.17, 15) is 15.0 Å². The van der Waals surface area contributed by atoms with Crippen LogP contribution < -0.4 is 0 Å². The van der Waals surface area contributed by atoms with E-state index in [0.29, 0.717) is 6.42 Å². The van der Waals surface area contributed by atoms with E-state index in [-0.39, 0.29) is 5.75 Å². The number of fused-ring (bicyclic) bond motifs is 1. The van der Waals surface area contributed by atoms with Crippen molar-refractivity contribution < 1.29 is 15.0 Å². The smallest absolute Gasteiger partial charge is 0.309 e. The highest BCUT2D eigenvalue weighted by Gasteiger charge is 2.28. The number of aliphatic carboxylic acids is 1. The lowest BCUT2D eigenvalue weighted by Crippen LogP contribution is -2.26. The summed E-state index contributed by atoms with van der Waals surface area (Å²) in [6, 6.07) is 5.21. The van der Waals surface area contributed by atoms with Crippen molar-refractivity contribution >= 4 is 16.9 Å². The lowest BCUT2D eigenvalue weighted by atomic mass is 9.86. The van der Waals surface area contributed by atoms with Gasteiger partial charge in [-0.15, -0.1) is 0 Å². The number of benzene rings is 1. The topological polar surface area (TPSA) is 62.5 Å². The predicted molar refractivity (Wildman–Crippen MR) is 74.4 cm³/mol. The molecule has 0 bridgehead atoms. The number of carbonyl (C=O) groups is 1. The van der Waals surface area contributed by atoms with Crippen LogP contribution in [0.3, 0.4) is 0 Å². The van der Waals surface area contributed by atoms with E-state index in [1.807, 2.05) is 23.8 Å². The molecule has 0 aliphatic carbocycles. The zero-order valence-electron chi connectivity index (χ0n) is 11.5. The maximum atomic E-state index is 11.2. The second kappa shape index (κ2) is 4.61. The molecule has 102 valence electrons. The summed E-state index contributed by atoms with van der Waals surface area (Å²) in [5.41, 5.74) is 1.15. The van der Waals surface area contributed by atoms with Crippen LogP contribution in [0.15, 0.2) is 24.4 Å². The molecular formula is C15H19NO3. The van der Waals surface area contributed by atoms with Crippen molar-refractivity contribution in [1.29, 1.82) is 0 Å². The quantitative estimate of drug-likeness (QED) is 0.889. The van der Waals surface area contributed by atoms with Crippen LogP contribution in [0.2, 0.25) is 0 Å². The van der Waals surface area contributed by atoms with Crippen LogP contribution in [0.5, 0.6) is 5.75 Å². The molecule has 4 heteroatoms. The molecule has 0 unspecified atom stereocenters. The number of hydrogen-bond donors (Lipinski definition) is 2. The molecule has 0 radical (unpaired) electrons. The molecule has 0 saturated heterocycles. The fourth-order valence-corrected chi connectivity index (χ4v) is 2.31. The van der Waals surface area contributed by atoms with Crippen molar-refractivity contribution in [3.05, 3.63) is 30.0 Å². The van der Waals surface area contributed by atoms with Gasteiger partial charge in [-0.05, 0) is 44.9 Å². The van der Waals surface area contributed by atoms with Crippen LogP contribution >= 0.6 is 0 Å². The van der Waals surface area contributed by atoms with E-state index in [0.717, 1.165) is 23.0 Å². The Labute approximate surface area is 112 Å². The molecule has 1 aromatic heterocycles. The molecule has 0 aliphatic heterocycles. The molecule has 2 aromatic rings. The van der Waals surface area contributed by atoms with Crippen molar-refractivity contribution in [2.24, 2.45) is 5.41 Å². The maximum absolute atomic E-state index is 11.2. The van der Waals surface area contributed by atoms with Gasteiger partial charge >= 0.3 is 5.97 Å². The first-order chi connectivity index (χ1) is 8.85. The average Bonchev–Trinajstić information content (AvgIpc) is 2.66. The number of aromatic hydroxyl groups is 1. The third-order valence-electron chi connectivity index (χ3n) is 3.50. The first-order valence-corrected chi connectivity index (χ1v) is 6.39. The summed E-state index contributed by atoms with van der Waals surface area (Å²) < 4.78 is 2.03. The summed E-state index contributed by atoms with van der Waals surface area (Å²) in [7, 11) is 0. The summed E-state index contributed by atoms with van der Waals surface area (Å²) in [5, 5.41) is 19.8. The monoisotopic (exact) mass is 261 g/mol. The zero-order valence-corrected chi connectivity index (χ0v) is 11.5. The highest BCUT2D eigenvalue weighted by Crippen LogP contribution is 2.30. The largest absolute Gasteiger partial charge is 0.508 e. The third kappa shape index (κ3) is 2.43. The number of aromatic nitrogens is 1. The zero-order chi connectivity index (χ0) is 14.2. The highest BCUT2D eigenvalue weighted by atomic mass is 16.4. The molecule has 0 saturated carbocycles. The second-order valence-electron chi connectivity index (χ2n) is 5.51. The molecule has 0 atom stereocenters. The normalized spacial score (nSPS) is 11.9. The number of carboxylic acid groups (broad SMARTS) is 1. The minimum absolute atomic E-state index is 0.226. The second-order valence-corrected chi connectivity index (χ2v) is 5.51. The van der Waals surface area contributed by atoms with Gasteiger partial charge in [0, 0.05) is 24.2 Å². The van der Waals surface area contributed by atoms with Crippen molar-refractivity contribution in [3.63, 3.8) is 0 Å². The van der Waals surface area contributed by atoms with E-state index in [1.165, 1.54) is 0 Å². The number of aryl methyl sites for hydroxylation is 1. The number of carboxylic acids is 1. The molecule has 1 heterocycles. The molecule has 4 nitrogen and oxygen atoms in total. The van der Waals surface area contributed by atoms with Crippen LogP contribution in [0.4, 0.5) is 0 Å². The Bertz CT molecular complexity index is 626. The number of nitrogens with zero attached hydrogens (tertiary/aromatic N) is 1. The number of hydrogen-bond acceptors (Lipinski definition) is 2. The van der Waals surface area contributed by atoms with Gasteiger partial charge in [-0.3, -0.25) is 4.79 Å². The first-order valence-electron chi connectivity index (χ1n) is 6.39. The fraction of sp³-hybridized carbons (Fsp3) is 0.400. The highest BCUT2D eigenvalue weighted by molar-refractivity contribution is 5.86. The Morgan fingerprint density at radius 2 is 2.05 bits per heavy atom. The SMILES string of the molecule is CCn1cc(CC(C)(C)C(=O)O)c2ccc(O)cc21. The lowest BCUT2D eigenvalue weighted by Gasteiger charge is -2.18. The van der Waals surface area contributed by atoms with Crippen molar-refractivity contribution in [2.75, 3.05) is 0 Å². The van der Waals surface area contributed by atoms with Gasteiger partial charge in [0.15, 0.2) is 0 Å².